The van der Waals surface area contributed by atoms with Gasteiger partial charge in [0.2, 0.25) is 10.0 Å². The first-order valence-electron chi connectivity index (χ1n) is 11.2. The van der Waals surface area contributed by atoms with Gasteiger partial charge in [-0.3, -0.25) is 0 Å². The van der Waals surface area contributed by atoms with Gasteiger partial charge >= 0.3 is 6.18 Å². The molecular weight excluding hydrogens is 517 g/mol. The lowest BCUT2D eigenvalue weighted by molar-refractivity contribution is -0.153. The Bertz CT molecular complexity index is 1360. The highest BCUT2D eigenvalue weighted by molar-refractivity contribution is 7.89. The minimum atomic E-state index is -4.60. The predicted octanol–water partition coefficient (Wildman–Crippen LogP) is 3.79. The van der Waals surface area contributed by atoms with Crippen LogP contribution in [0.1, 0.15) is 12.8 Å². The van der Waals surface area contributed by atoms with Gasteiger partial charge in [-0.25, -0.2) is 23.1 Å². The smallest absolute Gasteiger partial charge is 0.422 e. The number of ether oxygens (including phenoxy) is 4. The molecule has 0 saturated carbocycles. The summed E-state index contributed by atoms with van der Waals surface area (Å²) in [5.41, 5.74) is 0.393. The van der Waals surface area contributed by atoms with Gasteiger partial charge in [0, 0.05) is 25.0 Å². The quantitative estimate of drug-likeness (QED) is 0.416. The predicted molar refractivity (Wildman–Crippen MR) is 128 cm³/mol. The van der Waals surface area contributed by atoms with Crippen molar-refractivity contribution in [3.63, 3.8) is 0 Å². The van der Waals surface area contributed by atoms with E-state index in [0.717, 1.165) is 18.2 Å². The molecule has 1 saturated heterocycles. The second kappa shape index (κ2) is 10.9. The van der Waals surface area contributed by atoms with Crippen molar-refractivity contribution in [2.24, 2.45) is 0 Å². The van der Waals surface area contributed by atoms with Crippen molar-refractivity contribution in [1.82, 2.24) is 14.7 Å². The highest BCUT2D eigenvalue weighted by Gasteiger charge is 2.29. The summed E-state index contributed by atoms with van der Waals surface area (Å²) in [6, 6.07) is 6.76. The van der Waals surface area contributed by atoms with E-state index in [4.69, 9.17) is 18.9 Å². The molecule has 1 aromatic heterocycles. The molecule has 1 aliphatic rings. The van der Waals surface area contributed by atoms with Crippen molar-refractivity contribution in [2.45, 2.75) is 30.0 Å². The van der Waals surface area contributed by atoms with Crippen LogP contribution in [-0.2, 0) is 14.8 Å². The van der Waals surface area contributed by atoms with Crippen LogP contribution in [0.4, 0.5) is 24.7 Å². The van der Waals surface area contributed by atoms with E-state index in [9.17, 15) is 21.6 Å². The summed E-state index contributed by atoms with van der Waals surface area (Å²) in [4.78, 5) is 8.36. The molecule has 0 bridgehead atoms. The monoisotopic (exact) mass is 542 g/mol. The molecular formula is C23H25F3N4O6S. The topological polar surface area (TPSA) is 121 Å². The average Bonchev–Trinajstić information content (AvgIpc) is 2.87. The van der Waals surface area contributed by atoms with Gasteiger partial charge in [0.1, 0.15) is 35.5 Å². The molecule has 14 heteroatoms. The fourth-order valence-electron chi connectivity index (χ4n) is 3.71. The Morgan fingerprint density at radius 2 is 1.86 bits per heavy atom. The standard InChI is InChI=1S/C23H25F3N4O6S/c1-27-37(31,32)16-3-4-19(35-12-23(24,25)26)17(11-16)30-22-21-18(28-13-29-22)9-15(33-2)10-20(21)36-14-5-7-34-8-6-14/h3-4,9-11,13-14,27H,5-8,12H2,1-2H3,(H,28,29,30). The molecule has 1 fully saturated rings. The number of rotatable bonds is 9. The normalized spacial score (nSPS) is 14.9. The number of hydrogen-bond acceptors (Lipinski definition) is 9. The largest absolute Gasteiger partial charge is 0.497 e. The van der Waals surface area contributed by atoms with E-state index in [1.165, 1.54) is 20.5 Å². The summed E-state index contributed by atoms with van der Waals surface area (Å²) < 4.78 is 87.5. The molecule has 2 heterocycles. The van der Waals surface area contributed by atoms with Crippen LogP contribution in [0.2, 0.25) is 0 Å². The number of anilines is 2. The van der Waals surface area contributed by atoms with E-state index in [1.807, 2.05) is 0 Å². The third-order valence-corrected chi connectivity index (χ3v) is 6.96. The van der Waals surface area contributed by atoms with Crippen LogP contribution in [0.25, 0.3) is 10.9 Å². The molecule has 0 amide bonds. The number of benzene rings is 2. The van der Waals surface area contributed by atoms with Gasteiger partial charge in [-0.2, -0.15) is 13.2 Å². The average molecular weight is 543 g/mol. The third kappa shape index (κ3) is 6.50. The van der Waals surface area contributed by atoms with Gasteiger partial charge in [0.15, 0.2) is 6.61 Å². The molecule has 2 aromatic carbocycles. The van der Waals surface area contributed by atoms with Crippen LogP contribution in [0.15, 0.2) is 41.6 Å². The van der Waals surface area contributed by atoms with Crippen LogP contribution >= 0.6 is 0 Å². The maximum atomic E-state index is 12.9. The zero-order chi connectivity index (χ0) is 26.6. The number of fused-ring (bicyclic) bond motifs is 1. The first-order chi connectivity index (χ1) is 17.6. The van der Waals surface area contributed by atoms with E-state index in [-0.39, 0.29) is 28.3 Å². The lowest BCUT2D eigenvalue weighted by Gasteiger charge is -2.24. The first-order valence-corrected chi connectivity index (χ1v) is 12.7. The minimum Gasteiger partial charge on any atom is -0.497 e. The SMILES string of the molecule is CNS(=O)(=O)c1ccc(OCC(F)(F)F)c(Nc2ncnc3cc(OC)cc(OC4CCOCC4)c23)c1. The molecule has 0 radical (unpaired) electrons. The van der Waals surface area contributed by atoms with E-state index in [1.54, 1.807) is 12.1 Å². The number of nitrogens with zero attached hydrogens (tertiary/aromatic N) is 2. The molecule has 0 spiro atoms. The zero-order valence-corrected chi connectivity index (χ0v) is 20.8. The fourth-order valence-corrected chi connectivity index (χ4v) is 4.47. The van der Waals surface area contributed by atoms with Crippen molar-refractivity contribution in [3.8, 4) is 17.2 Å². The van der Waals surface area contributed by atoms with Crippen molar-refractivity contribution < 1.29 is 40.5 Å². The summed E-state index contributed by atoms with van der Waals surface area (Å²) in [6.07, 6.45) is -2.17. The molecule has 37 heavy (non-hydrogen) atoms. The fraction of sp³-hybridized carbons (Fsp3) is 0.391. The van der Waals surface area contributed by atoms with Crippen molar-refractivity contribution >= 4 is 32.4 Å². The number of aromatic nitrogens is 2. The van der Waals surface area contributed by atoms with Gasteiger partial charge in [0.25, 0.3) is 0 Å². The number of alkyl halides is 3. The minimum absolute atomic E-state index is 0.0478. The lowest BCUT2D eigenvalue weighted by atomic mass is 10.1. The highest BCUT2D eigenvalue weighted by atomic mass is 32.2. The van der Waals surface area contributed by atoms with Crippen LogP contribution in [-0.4, -0.2) is 64.6 Å². The molecule has 0 unspecified atom stereocenters. The maximum absolute atomic E-state index is 12.9. The van der Waals surface area contributed by atoms with E-state index in [0.29, 0.717) is 48.5 Å². The Morgan fingerprint density at radius 1 is 1.11 bits per heavy atom. The summed E-state index contributed by atoms with van der Waals surface area (Å²) in [5, 5.41) is 3.35. The number of sulfonamides is 1. The van der Waals surface area contributed by atoms with Crippen LogP contribution in [0, 0.1) is 0 Å². The Hall–Kier alpha value is -3.36. The molecule has 200 valence electrons. The van der Waals surface area contributed by atoms with E-state index < -0.39 is 22.8 Å². The van der Waals surface area contributed by atoms with Crippen LogP contribution < -0.4 is 24.2 Å². The van der Waals surface area contributed by atoms with Crippen LogP contribution in [0.5, 0.6) is 17.2 Å². The summed E-state index contributed by atoms with van der Waals surface area (Å²) in [5.74, 6) is 0.821. The lowest BCUT2D eigenvalue weighted by Crippen LogP contribution is -2.26. The highest BCUT2D eigenvalue weighted by Crippen LogP contribution is 2.39. The molecule has 0 aliphatic carbocycles. The second-order valence-electron chi connectivity index (χ2n) is 8.07. The van der Waals surface area contributed by atoms with Crippen molar-refractivity contribution in [2.75, 3.05) is 39.3 Å². The molecule has 3 aromatic rings. The Labute approximate surface area is 211 Å². The van der Waals surface area contributed by atoms with Crippen LogP contribution in [0.3, 0.4) is 0 Å². The summed E-state index contributed by atoms with van der Waals surface area (Å²) in [6.45, 7) is -0.485. The Balaban J connectivity index is 1.80. The van der Waals surface area contributed by atoms with Gasteiger partial charge in [-0.05, 0) is 25.2 Å². The summed E-state index contributed by atoms with van der Waals surface area (Å²) in [7, 11) is -1.18. The summed E-state index contributed by atoms with van der Waals surface area (Å²) >= 11 is 0. The van der Waals surface area contributed by atoms with Gasteiger partial charge < -0.3 is 24.3 Å². The number of halogens is 3. The number of methoxy groups -OCH3 is 1. The van der Waals surface area contributed by atoms with E-state index >= 15 is 0 Å². The maximum Gasteiger partial charge on any atom is 0.422 e. The van der Waals surface area contributed by atoms with Gasteiger partial charge in [-0.15, -0.1) is 0 Å². The second-order valence-corrected chi connectivity index (χ2v) is 9.95. The third-order valence-electron chi connectivity index (χ3n) is 5.55. The zero-order valence-electron chi connectivity index (χ0n) is 20.0. The van der Waals surface area contributed by atoms with Gasteiger partial charge in [-0.1, -0.05) is 0 Å². The number of nitrogens with one attached hydrogen (secondary N) is 2. The molecule has 1 aliphatic heterocycles. The molecule has 0 atom stereocenters. The van der Waals surface area contributed by atoms with E-state index in [2.05, 4.69) is 20.0 Å². The molecule has 4 rings (SSSR count). The Kier molecular flexibility index (Phi) is 7.90. The number of hydrogen-bond donors (Lipinski definition) is 2. The molecule has 2 N–H and O–H groups in total. The van der Waals surface area contributed by atoms with Crippen molar-refractivity contribution in [1.29, 1.82) is 0 Å². The van der Waals surface area contributed by atoms with Gasteiger partial charge in [0.05, 0.1) is 41.8 Å². The molecule has 10 nitrogen and oxygen atoms in total. The van der Waals surface area contributed by atoms with Crippen molar-refractivity contribution in [3.05, 3.63) is 36.7 Å². The first kappa shape index (κ1) is 26.7. The Morgan fingerprint density at radius 3 is 2.54 bits per heavy atom.